The van der Waals surface area contributed by atoms with Gasteiger partial charge in [-0.1, -0.05) is 6.08 Å². The number of ketones is 1. The lowest BCUT2D eigenvalue weighted by Gasteiger charge is -2.13. The zero-order valence-electron chi connectivity index (χ0n) is 13.7. The Morgan fingerprint density at radius 3 is 2.50 bits per heavy atom. The van der Waals surface area contributed by atoms with Crippen molar-refractivity contribution in [3.8, 4) is 23.0 Å². The largest absolute Gasteiger partial charge is 0.507 e. The molecule has 0 aliphatic heterocycles. The maximum absolute atomic E-state index is 12.7. The van der Waals surface area contributed by atoms with Crippen LogP contribution in [0.2, 0.25) is 0 Å². The summed E-state index contributed by atoms with van der Waals surface area (Å²) in [6.45, 7) is 5.92. The van der Waals surface area contributed by atoms with Gasteiger partial charge in [0.25, 0.3) is 0 Å². The van der Waals surface area contributed by atoms with Gasteiger partial charge in [0.1, 0.15) is 23.0 Å². The number of carbonyl (C=O) groups is 1. The van der Waals surface area contributed by atoms with E-state index in [-0.39, 0.29) is 22.6 Å². The van der Waals surface area contributed by atoms with Gasteiger partial charge in [-0.25, -0.2) is 0 Å². The van der Waals surface area contributed by atoms with Crippen molar-refractivity contribution in [2.45, 2.75) is 13.3 Å². The van der Waals surface area contributed by atoms with E-state index in [0.717, 1.165) is 0 Å². The Balaban J connectivity index is 2.46. The second-order valence-electron chi connectivity index (χ2n) is 5.08. The van der Waals surface area contributed by atoms with Crippen LogP contribution in [-0.4, -0.2) is 29.7 Å². The number of hydrogen-bond donors (Lipinski definition) is 2. The summed E-state index contributed by atoms with van der Waals surface area (Å²) in [5.41, 5.74) is 0.652. The maximum atomic E-state index is 12.7. The maximum Gasteiger partial charge on any atom is 0.200 e. The van der Waals surface area contributed by atoms with Crippen LogP contribution in [0.1, 0.15) is 28.4 Å². The van der Waals surface area contributed by atoms with Gasteiger partial charge in [0.05, 0.1) is 24.8 Å². The zero-order valence-corrected chi connectivity index (χ0v) is 13.7. The predicted octanol–water partition coefficient (Wildman–Crippen LogP) is 3.46. The Morgan fingerprint density at radius 2 is 1.92 bits per heavy atom. The Labute approximate surface area is 140 Å². The molecular formula is C19H20O5. The van der Waals surface area contributed by atoms with Gasteiger partial charge in [-0.2, -0.15) is 0 Å². The second-order valence-corrected chi connectivity index (χ2v) is 5.08. The molecule has 2 aromatic rings. The second kappa shape index (κ2) is 7.55. The van der Waals surface area contributed by atoms with Crippen molar-refractivity contribution in [2.75, 3.05) is 13.7 Å². The van der Waals surface area contributed by atoms with Crippen LogP contribution in [-0.2, 0) is 6.42 Å². The number of phenolic OH excluding ortho intramolecular Hbond substituents is 2. The van der Waals surface area contributed by atoms with E-state index >= 15 is 0 Å². The molecule has 0 unspecified atom stereocenters. The molecule has 0 amide bonds. The summed E-state index contributed by atoms with van der Waals surface area (Å²) in [6, 6.07) is 7.53. The van der Waals surface area contributed by atoms with Crippen molar-refractivity contribution in [2.24, 2.45) is 0 Å². The minimum absolute atomic E-state index is 0.0865. The van der Waals surface area contributed by atoms with Crippen LogP contribution < -0.4 is 9.47 Å². The molecule has 0 atom stereocenters. The van der Waals surface area contributed by atoms with E-state index in [9.17, 15) is 15.0 Å². The van der Waals surface area contributed by atoms with Gasteiger partial charge in [0.15, 0.2) is 5.78 Å². The first-order chi connectivity index (χ1) is 11.5. The van der Waals surface area contributed by atoms with Crippen LogP contribution >= 0.6 is 0 Å². The van der Waals surface area contributed by atoms with Gasteiger partial charge in [-0.3, -0.25) is 4.79 Å². The molecule has 0 spiro atoms. The number of rotatable bonds is 7. The van der Waals surface area contributed by atoms with Crippen molar-refractivity contribution in [1.82, 2.24) is 0 Å². The molecule has 0 saturated carbocycles. The van der Waals surface area contributed by atoms with Crippen LogP contribution in [0.25, 0.3) is 0 Å². The summed E-state index contributed by atoms with van der Waals surface area (Å²) < 4.78 is 10.5. The molecule has 0 fully saturated rings. The molecule has 126 valence electrons. The first kappa shape index (κ1) is 17.4. The Morgan fingerprint density at radius 1 is 1.21 bits per heavy atom. The lowest BCUT2D eigenvalue weighted by molar-refractivity contribution is 0.103. The number of benzene rings is 2. The van der Waals surface area contributed by atoms with Crippen molar-refractivity contribution >= 4 is 5.78 Å². The molecule has 2 aromatic carbocycles. The summed E-state index contributed by atoms with van der Waals surface area (Å²) in [6.07, 6.45) is 1.96. The molecule has 0 aromatic heterocycles. The molecule has 0 aliphatic rings. The average Bonchev–Trinajstić information content (AvgIpc) is 2.56. The molecule has 2 N–H and O–H groups in total. The van der Waals surface area contributed by atoms with Crippen LogP contribution in [0.5, 0.6) is 23.0 Å². The summed E-state index contributed by atoms with van der Waals surface area (Å²) in [4.78, 5) is 12.7. The van der Waals surface area contributed by atoms with E-state index in [0.29, 0.717) is 30.1 Å². The quantitative estimate of drug-likeness (QED) is 0.601. The number of carbonyl (C=O) groups excluding carboxylic acids is 1. The number of methoxy groups -OCH3 is 1. The summed E-state index contributed by atoms with van der Waals surface area (Å²) in [7, 11) is 1.49. The fraction of sp³-hybridized carbons (Fsp3) is 0.211. The highest BCUT2D eigenvalue weighted by Crippen LogP contribution is 2.35. The highest BCUT2D eigenvalue weighted by molar-refractivity contribution is 6.12. The highest BCUT2D eigenvalue weighted by Gasteiger charge is 2.21. The number of hydrogen-bond acceptors (Lipinski definition) is 5. The normalized spacial score (nSPS) is 10.2. The Bertz CT molecular complexity index is 765. The fourth-order valence-corrected chi connectivity index (χ4v) is 2.44. The van der Waals surface area contributed by atoms with Gasteiger partial charge in [-0.05, 0) is 37.6 Å². The third kappa shape index (κ3) is 3.35. The van der Waals surface area contributed by atoms with Crippen LogP contribution in [0, 0.1) is 0 Å². The minimum Gasteiger partial charge on any atom is -0.507 e. The van der Waals surface area contributed by atoms with Crippen LogP contribution in [0.15, 0.2) is 43.0 Å². The SMILES string of the molecule is C=CCc1c(OC)ccc(C(=O)c2ccc(OCC)cc2O)c1O. The first-order valence-corrected chi connectivity index (χ1v) is 7.53. The van der Waals surface area contributed by atoms with E-state index in [2.05, 4.69) is 6.58 Å². The van der Waals surface area contributed by atoms with Gasteiger partial charge in [0.2, 0.25) is 0 Å². The Kier molecular flexibility index (Phi) is 5.47. The fourth-order valence-electron chi connectivity index (χ4n) is 2.44. The lowest BCUT2D eigenvalue weighted by Crippen LogP contribution is -2.05. The van der Waals surface area contributed by atoms with Gasteiger partial charge in [0, 0.05) is 11.6 Å². The van der Waals surface area contributed by atoms with Crippen LogP contribution in [0.3, 0.4) is 0 Å². The molecule has 24 heavy (non-hydrogen) atoms. The topological polar surface area (TPSA) is 76.0 Å². The van der Waals surface area contributed by atoms with Crippen molar-refractivity contribution in [3.05, 3.63) is 59.7 Å². The lowest BCUT2D eigenvalue weighted by atomic mass is 9.97. The third-order valence-electron chi connectivity index (χ3n) is 3.58. The molecule has 2 rings (SSSR count). The average molecular weight is 328 g/mol. The molecule has 0 bridgehead atoms. The number of phenols is 2. The number of allylic oxidation sites excluding steroid dienone is 1. The van der Waals surface area contributed by atoms with E-state index < -0.39 is 5.78 Å². The number of aromatic hydroxyl groups is 2. The first-order valence-electron chi connectivity index (χ1n) is 7.53. The van der Waals surface area contributed by atoms with Gasteiger partial charge in [-0.15, -0.1) is 6.58 Å². The number of ether oxygens (including phenoxy) is 2. The molecule has 0 saturated heterocycles. The minimum atomic E-state index is -0.485. The third-order valence-corrected chi connectivity index (χ3v) is 3.58. The predicted molar refractivity (Wildman–Crippen MR) is 91.3 cm³/mol. The smallest absolute Gasteiger partial charge is 0.200 e. The molecule has 5 heteroatoms. The van der Waals surface area contributed by atoms with Crippen molar-refractivity contribution < 1.29 is 24.5 Å². The van der Waals surface area contributed by atoms with E-state index in [1.807, 2.05) is 6.92 Å². The molecule has 0 aliphatic carbocycles. The summed E-state index contributed by atoms with van der Waals surface area (Å²) >= 11 is 0. The van der Waals surface area contributed by atoms with Crippen LogP contribution in [0.4, 0.5) is 0 Å². The summed E-state index contributed by atoms with van der Waals surface area (Å²) in [5.74, 6) is 0.0812. The molecule has 5 nitrogen and oxygen atoms in total. The monoisotopic (exact) mass is 328 g/mol. The highest BCUT2D eigenvalue weighted by atomic mass is 16.5. The van der Waals surface area contributed by atoms with E-state index in [1.54, 1.807) is 18.2 Å². The zero-order chi connectivity index (χ0) is 17.7. The van der Waals surface area contributed by atoms with E-state index in [1.165, 1.54) is 25.3 Å². The molecular weight excluding hydrogens is 308 g/mol. The van der Waals surface area contributed by atoms with Gasteiger partial charge < -0.3 is 19.7 Å². The van der Waals surface area contributed by atoms with E-state index in [4.69, 9.17) is 9.47 Å². The molecule has 0 heterocycles. The standard InChI is InChI=1S/C19H20O5/c1-4-6-14-17(23-3)10-9-15(19(14)22)18(21)13-8-7-12(24-5-2)11-16(13)20/h4,7-11,20,22H,1,5-6H2,2-3H3. The molecule has 0 radical (unpaired) electrons. The Hall–Kier alpha value is -2.95. The summed E-state index contributed by atoms with van der Waals surface area (Å²) in [5, 5.41) is 20.5. The van der Waals surface area contributed by atoms with Crippen molar-refractivity contribution in [1.29, 1.82) is 0 Å². The van der Waals surface area contributed by atoms with Crippen molar-refractivity contribution in [3.63, 3.8) is 0 Å². The van der Waals surface area contributed by atoms with Gasteiger partial charge >= 0.3 is 0 Å².